The Morgan fingerprint density at radius 1 is 1.10 bits per heavy atom. The van der Waals surface area contributed by atoms with Crippen molar-refractivity contribution in [2.45, 2.75) is 4.90 Å². The molecule has 0 aliphatic carbocycles. The first-order valence-electron chi connectivity index (χ1n) is 5.93. The Bertz CT molecular complexity index is 808. The minimum absolute atomic E-state index is 0.0453. The summed E-state index contributed by atoms with van der Waals surface area (Å²) < 4.78 is 37.5. The van der Waals surface area contributed by atoms with E-state index in [0.29, 0.717) is 22.9 Å². The summed E-state index contributed by atoms with van der Waals surface area (Å²) in [7, 11) is -3.81. The van der Waals surface area contributed by atoms with Crippen molar-refractivity contribution in [1.29, 1.82) is 0 Å². The molecule has 2 aromatic carbocycles. The van der Waals surface area contributed by atoms with Crippen LogP contribution in [-0.2, 0) is 10.0 Å². The molecule has 1 aliphatic heterocycles. The van der Waals surface area contributed by atoms with Gasteiger partial charge in [-0.15, -0.1) is 0 Å². The van der Waals surface area contributed by atoms with Gasteiger partial charge in [0, 0.05) is 11.8 Å². The highest BCUT2D eigenvalue weighted by Crippen LogP contribution is 2.35. The van der Waals surface area contributed by atoms with Gasteiger partial charge in [0.15, 0.2) is 11.5 Å². The molecule has 0 radical (unpaired) electrons. The standard InChI is InChI=1S/C13H11ClN2O4S/c14-10-5-8(15)1-4-13(10)21(17,18)16-9-2-3-11-12(6-9)20-7-19-11/h1-6,16H,7,15H2. The fourth-order valence-electron chi connectivity index (χ4n) is 1.91. The predicted molar refractivity (Wildman–Crippen MR) is 79.2 cm³/mol. The van der Waals surface area contributed by atoms with Gasteiger partial charge in [-0.25, -0.2) is 8.42 Å². The van der Waals surface area contributed by atoms with E-state index in [0.717, 1.165) is 0 Å². The van der Waals surface area contributed by atoms with Crippen molar-refractivity contribution < 1.29 is 17.9 Å². The summed E-state index contributed by atoms with van der Waals surface area (Å²) in [6.07, 6.45) is 0. The van der Waals surface area contributed by atoms with Crippen molar-refractivity contribution in [1.82, 2.24) is 0 Å². The number of rotatable bonds is 3. The van der Waals surface area contributed by atoms with Crippen LogP contribution in [0.3, 0.4) is 0 Å². The zero-order valence-corrected chi connectivity index (χ0v) is 12.2. The summed E-state index contributed by atoms with van der Waals surface area (Å²) >= 11 is 5.93. The Hall–Kier alpha value is -2.12. The lowest BCUT2D eigenvalue weighted by Crippen LogP contribution is -2.13. The van der Waals surface area contributed by atoms with Crippen LogP contribution in [0.1, 0.15) is 0 Å². The van der Waals surface area contributed by atoms with Crippen molar-refractivity contribution in [3.8, 4) is 11.5 Å². The number of hydrogen-bond acceptors (Lipinski definition) is 5. The van der Waals surface area contributed by atoms with Crippen molar-refractivity contribution in [3.05, 3.63) is 41.4 Å². The lowest BCUT2D eigenvalue weighted by atomic mass is 10.3. The molecule has 0 fully saturated rings. The molecule has 0 saturated heterocycles. The SMILES string of the molecule is Nc1ccc(S(=O)(=O)Nc2ccc3c(c2)OCO3)c(Cl)c1. The fourth-order valence-corrected chi connectivity index (χ4v) is 3.51. The summed E-state index contributed by atoms with van der Waals surface area (Å²) in [6.45, 7) is 0.120. The zero-order valence-electron chi connectivity index (χ0n) is 10.7. The molecule has 1 heterocycles. The van der Waals surface area contributed by atoms with E-state index in [4.69, 9.17) is 26.8 Å². The summed E-state index contributed by atoms with van der Waals surface area (Å²) in [5.74, 6) is 1.06. The summed E-state index contributed by atoms with van der Waals surface area (Å²) in [4.78, 5) is -0.0453. The van der Waals surface area contributed by atoms with E-state index in [-0.39, 0.29) is 16.7 Å². The number of nitrogens with one attached hydrogen (secondary N) is 1. The average molecular weight is 327 g/mol. The quantitative estimate of drug-likeness (QED) is 0.845. The monoisotopic (exact) mass is 326 g/mol. The van der Waals surface area contributed by atoms with Gasteiger partial charge >= 0.3 is 0 Å². The molecule has 0 bridgehead atoms. The Morgan fingerprint density at radius 2 is 1.86 bits per heavy atom. The van der Waals surface area contributed by atoms with Gasteiger partial charge in [0.1, 0.15) is 4.90 Å². The van der Waals surface area contributed by atoms with Gasteiger partial charge in [-0.1, -0.05) is 11.6 Å². The summed E-state index contributed by atoms with van der Waals surface area (Å²) in [5, 5.41) is 0.0586. The summed E-state index contributed by atoms with van der Waals surface area (Å²) in [6, 6.07) is 8.97. The highest BCUT2D eigenvalue weighted by Gasteiger charge is 2.20. The summed E-state index contributed by atoms with van der Waals surface area (Å²) in [5.41, 5.74) is 6.30. The van der Waals surface area contributed by atoms with E-state index in [1.807, 2.05) is 0 Å². The van der Waals surface area contributed by atoms with Crippen LogP contribution in [0.2, 0.25) is 5.02 Å². The molecule has 110 valence electrons. The van der Waals surface area contributed by atoms with Crippen LogP contribution in [0, 0.1) is 0 Å². The van der Waals surface area contributed by atoms with Gasteiger partial charge in [0.05, 0.1) is 10.7 Å². The topological polar surface area (TPSA) is 90.7 Å². The lowest BCUT2D eigenvalue weighted by Gasteiger charge is -2.10. The molecule has 3 N–H and O–H groups in total. The molecule has 0 unspecified atom stereocenters. The molecule has 0 aromatic heterocycles. The fraction of sp³-hybridized carbons (Fsp3) is 0.0769. The van der Waals surface area contributed by atoms with E-state index in [1.165, 1.54) is 18.2 Å². The molecule has 6 nitrogen and oxygen atoms in total. The molecule has 0 saturated carbocycles. The third-order valence-corrected chi connectivity index (χ3v) is 4.73. The average Bonchev–Trinajstić information content (AvgIpc) is 2.85. The Kier molecular flexibility index (Phi) is 3.30. The molecule has 21 heavy (non-hydrogen) atoms. The van der Waals surface area contributed by atoms with Crippen molar-refractivity contribution in [2.24, 2.45) is 0 Å². The van der Waals surface area contributed by atoms with Gasteiger partial charge in [0.25, 0.3) is 10.0 Å². The number of benzene rings is 2. The number of sulfonamides is 1. The van der Waals surface area contributed by atoms with Gasteiger partial charge < -0.3 is 15.2 Å². The number of fused-ring (bicyclic) bond motifs is 1. The van der Waals surface area contributed by atoms with Crippen molar-refractivity contribution in [3.63, 3.8) is 0 Å². The van der Waals surface area contributed by atoms with E-state index < -0.39 is 10.0 Å². The highest BCUT2D eigenvalue weighted by atomic mass is 35.5. The van der Waals surface area contributed by atoms with Gasteiger partial charge in [-0.3, -0.25) is 4.72 Å². The van der Waals surface area contributed by atoms with Gasteiger partial charge in [-0.2, -0.15) is 0 Å². The van der Waals surface area contributed by atoms with Crippen LogP contribution in [-0.4, -0.2) is 15.2 Å². The molecule has 2 aromatic rings. The smallest absolute Gasteiger partial charge is 0.263 e. The molecule has 1 aliphatic rings. The number of ether oxygens (including phenoxy) is 2. The maximum absolute atomic E-state index is 12.3. The molecule has 3 rings (SSSR count). The molecule has 0 atom stereocenters. The second-order valence-corrected chi connectivity index (χ2v) is 6.42. The van der Waals surface area contributed by atoms with Gasteiger partial charge in [0.2, 0.25) is 6.79 Å². The van der Waals surface area contributed by atoms with Crippen LogP contribution < -0.4 is 19.9 Å². The Labute approximate surface area is 126 Å². The molecular formula is C13H11ClN2O4S. The Balaban J connectivity index is 1.92. The minimum atomic E-state index is -3.81. The van der Waals surface area contributed by atoms with Crippen molar-refractivity contribution in [2.75, 3.05) is 17.2 Å². The number of anilines is 2. The molecule has 0 amide bonds. The number of halogens is 1. The van der Waals surface area contributed by atoms with Crippen LogP contribution in [0.15, 0.2) is 41.3 Å². The number of hydrogen-bond donors (Lipinski definition) is 2. The lowest BCUT2D eigenvalue weighted by molar-refractivity contribution is 0.174. The third kappa shape index (κ3) is 2.70. The van der Waals surface area contributed by atoms with Crippen molar-refractivity contribution >= 4 is 33.0 Å². The molecular weight excluding hydrogens is 316 g/mol. The van der Waals surface area contributed by atoms with Crippen LogP contribution in [0.5, 0.6) is 11.5 Å². The normalized spacial score (nSPS) is 13.2. The second-order valence-electron chi connectivity index (χ2n) is 4.36. The third-order valence-electron chi connectivity index (χ3n) is 2.87. The number of nitrogens with two attached hydrogens (primary N) is 1. The zero-order chi connectivity index (χ0) is 15.0. The number of nitrogen functional groups attached to an aromatic ring is 1. The highest BCUT2D eigenvalue weighted by molar-refractivity contribution is 7.92. The van der Waals surface area contributed by atoms with E-state index in [9.17, 15) is 8.42 Å². The maximum Gasteiger partial charge on any atom is 0.263 e. The van der Waals surface area contributed by atoms with Crippen LogP contribution >= 0.6 is 11.6 Å². The Morgan fingerprint density at radius 3 is 2.62 bits per heavy atom. The minimum Gasteiger partial charge on any atom is -0.454 e. The van der Waals surface area contributed by atoms with Crippen LogP contribution in [0.25, 0.3) is 0 Å². The van der Waals surface area contributed by atoms with Gasteiger partial charge in [-0.05, 0) is 30.3 Å². The maximum atomic E-state index is 12.3. The first-order valence-corrected chi connectivity index (χ1v) is 7.79. The molecule has 0 spiro atoms. The molecule has 8 heteroatoms. The van der Waals surface area contributed by atoms with E-state index in [1.54, 1.807) is 18.2 Å². The first-order chi connectivity index (χ1) is 9.95. The largest absolute Gasteiger partial charge is 0.454 e. The van der Waals surface area contributed by atoms with Crippen LogP contribution in [0.4, 0.5) is 11.4 Å². The first kappa shape index (κ1) is 13.8. The van der Waals surface area contributed by atoms with E-state index in [2.05, 4.69) is 4.72 Å². The predicted octanol–water partition coefficient (Wildman–Crippen LogP) is 2.45. The second kappa shape index (κ2) is 5.01. The van der Waals surface area contributed by atoms with E-state index >= 15 is 0 Å².